The second-order valence-corrected chi connectivity index (χ2v) is 5.45. The van der Waals surface area contributed by atoms with Crippen LogP contribution in [-0.2, 0) is 0 Å². The number of nitro groups is 1. The van der Waals surface area contributed by atoms with Gasteiger partial charge in [-0.3, -0.25) is 15.1 Å². The molecular weight excluding hydrogens is 389 g/mol. The standard InChI is InChI=1S/C15H13Cl2N5O2.ClH/c1-19-15(18)21-20-14(9-2-4-10(16)5-3-9)12-7-6-11(22(23)24)8-13(12)17;/h2-8H,1H3,(H3,18,19,21);1H/b20-14+;. The first-order valence-electron chi connectivity index (χ1n) is 6.68. The van der Waals surface area contributed by atoms with Gasteiger partial charge >= 0.3 is 0 Å². The van der Waals surface area contributed by atoms with Gasteiger partial charge in [0.05, 0.1) is 15.7 Å². The first-order chi connectivity index (χ1) is 11.4. The van der Waals surface area contributed by atoms with E-state index in [2.05, 4.69) is 15.5 Å². The Balaban J connectivity index is 0.00000312. The molecule has 2 aromatic rings. The molecule has 0 radical (unpaired) electrons. The number of nitrogens with zero attached hydrogens (tertiary/aromatic N) is 3. The maximum absolute atomic E-state index is 10.9. The molecule has 10 heteroatoms. The molecule has 0 aliphatic heterocycles. The average Bonchev–Trinajstić information content (AvgIpc) is 2.57. The van der Waals surface area contributed by atoms with Gasteiger partial charge in [-0.1, -0.05) is 35.3 Å². The summed E-state index contributed by atoms with van der Waals surface area (Å²) >= 11 is 12.1. The highest BCUT2D eigenvalue weighted by Crippen LogP contribution is 2.25. The van der Waals surface area contributed by atoms with E-state index in [1.807, 2.05) is 0 Å². The lowest BCUT2D eigenvalue weighted by atomic mass is 10.0. The zero-order valence-electron chi connectivity index (χ0n) is 12.9. The molecule has 0 saturated heterocycles. The highest BCUT2D eigenvalue weighted by Gasteiger charge is 2.15. The first kappa shape index (κ1) is 20.7. The van der Waals surface area contributed by atoms with Gasteiger partial charge < -0.3 is 5.73 Å². The van der Waals surface area contributed by atoms with Crippen molar-refractivity contribution in [3.63, 3.8) is 0 Å². The van der Waals surface area contributed by atoms with Crippen LogP contribution >= 0.6 is 35.6 Å². The summed E-state index contributed by atoms with van der Waals surface area (Å²) in [4.78, 5) is 14.1. The van der Waals surface area contributed by atoms with Gasteiger partial charge in [0.15, 0.2) is 0 Å². The lowest BCUT2D eigenvalue weighted by Gasteiger charge is -2.10. The monoisotopic (exact) mass is 401 g/mol. The van der Waals surface area contributed by atoms with Crippen LogP contribution in [0.3, 0.4) is 0 Å². The van der Waals surface area contributed by atoms with Gasteiger partial charge in [0.25, 0.3) is 5.69 Å². The van der Waals surface area contributed by atoms with E-state index in [9.17, 15) is 10.1 Å². The minimum absolute atomic E-state index is 0. The minimum Gasteiger partial charge on any atom is -0.369 e. The first-order valence-corrected chi connectivity index (χ1v) is 7.44. The molecule has 2 rings (SSSR count). The van der Waals surface area contributed by atoms with E-state index in [1.165, 1.54) is 25.2 Å². The summed E-state index contributed by atoms with van der Waals surface area (Å²) in [6, 6.07) is 11.0. The normalized spacial score (nSPS) is 11.6. The van der Waals surface area contributed by atoms with Crippen LogP contribution in [0.1, 0.15) is 11.1 Å². The number of nitro benzene ring substituents is 1. The largest absolute Gasteiger partial charge is 0.369 e. The van der Waals surface area contributed by atoms with Gasteiger partial charge in [-0.15, -0.1) is 12.4 Å². The van der Waals surface area contributed by atoms with Crippen LogP contribution in [0.2, 0.25) is 10.0 Å². The number of hydrazone groups is 1. The molecule has 0 bridgehead atoms. The smallest absolute Gasteiger partial charge is 0.270 e. The van der Waals surface area contributed by atoms with Crippen molar-refractivity contribution in [2.75, 3.05) is 7.05 Å². The predicted octanol–water partition coefficient (Wildman–Crippen LogP) is 3.61. The predicted molar refractivity (Wildman–Crippen MR) is 103 cm³/mol. The number of non-ortho nitro benzene ring substituents is 1. The Labute approximate surface area is 160 Å². The van der Waals surface area contributed by atoms with Crippen molar-refractivity contribution >= 4 is 53.0 Å². The lowest BCUT2D eigenvalue weighted by Crippen LogP contribution is -2.28. The summed E-state index contributed by atoms with van der Waals surface area (Å²) in [7, 11) is 1.51. The fraction of sp³-hybridized carbons (Fsp3) is 0.0667. The summed E-state index contributed by atoms with van der Waals surface area (Å²) < 4.78 is 0. The number of nitrogens with one attached hydrogen (secondary N) is 1. The van der Waals surface area contributed by atoms with Crippen molar-refractivity contribution in [1.29, 1.82) is 0 Å². The molecule has 25 heavy (non-hydrogen) atoms. The molecule has 0 amide bonds. The molecule has 0 unspecified atom stereocenters. The molecule has 0 heterocycles. The van der Waals surface area contributed by atoms with Crippen molar-refractivity contribution in [2.45, 2.75) is 0 Å². The molecule has 0 aromatic heterocycles. The van der Waals surface area contributed by atoms with Crippen molar-refractivity contribution < 1.29 is 4.92 Å². The van der Waals surface area contributed by atoms with E-state index in [0.717, 1.165) is 0 Å². The van der Waals surface area contributed by atoms with E-state index in [0.29, 0.717) is 21.9 Å². The number of nitrogens with two attached hydrogens (primary N) is 1. The summed E-state index contributed by atoms with van der Waals surface area (Å²) in [5, 5.41) is 15.8. The molecule has 7 nitrogen and oxygen atoms in total. The third-order valence-corrected chi connectivity index (χ3v) is 3.62. The van der Waals surface area contributed by atoms with Crippen molar-refractivity contribution in [3.05, 3.63) is 73.8 Å². The topological polar surface area (TPSA) is 106 Å². The summed E-state index contributed by atoms with van der Waals surface area (Å²) in [5.41, 5.74) is 9.73. The second-order valence-electron chi connectivity index (χ2n) is 4.61. The van der Waals surface area contributed by atoms with Crippen LogP contribution < -0.4 is 11.2 Å². The SMILES string of the molecule is CN=C(N)N/N=C(\c1ccc(Cl)cc1)c1ccc([N+](=O)[O-])cc1Cl.Cl. The number of aliphatic imine (C=N–C) groups is 1. The molecule has 2 aromatic carbocycles. The number of hydrogen-bond donors (Lipinski definition) is 2. The molecule has 0 spiro atoms. The van der Waals surface area contributed by atoms with Gasteiger partial charge in [0.2, 0.25) is 5.96 Å². The van der Waals surface area contributed by atoms with E-state index in [4.69, 9.17) is 28.9 Å². The van der Waals surface area contributed by atoms with Crippen LogP contribution in [0.5, 0.6) is 0 Å². The zero-order valence-corrected chi connectivity index (χ0v) is 15.3. The van der Waals surface area contributed by atoms with Gasteiger partial charge in [-0.05, 0) is 18.2 Å². The van der Waals surface area contributed by atoms with Crippen LogP contribution in [0, 0.1) is 10.1 Å². The highest BCUT2D eigenvalue weighted by atomic mass is 35.5. The van der Waals surface area contributed by atoms with Crippen LogP contribution in [0.25, 0.3) is 0 Å². The molecule has 3 N–H and O–H groups in total. The summed E-state index contributed by atoms with van der Waals surface area (Å²) in [5.74, 6) is 0.111. The molecule has 0 aliphatic rings. The minimum atomic E-state index is -0.519. The van der Waals surface area contributed by atoms with E-state index in [-0.39, 0.29) is 29.1 Å². The van der Waals surface area contributed by atoms with E-state index < -0.39 is 4.92 Å². The lowest BCUT2D eigenvalue weighted by molar-refractivity contribution is -0.384. The molecule has 0 saturated carbocycles. The fourth-order valence-electron chi connectivity index (χ4n) is 1.86. The van der Waals surface area contributed by atoms with Crippen molar-refractivity contribution in [1.82, 2.24) is 5.43 Å². The third-order valence-electron chi connectivity index (χ3n) is 3.06. The highest BCUT2D eigenvalue weighted by molar-refractivity contribution is 6.36. The number of guanidine groups is 1. The zero-order chi connectivity index (χ0) is 17.7. The molecule has 132 valence electrons. The van der Waals surface area contributed by atoms with Gasteiger partial charge in [0, 0.05) is 35.3 Å². The van der Waals surface area contributed by atoms with Gasteiger partial charge in [-0.2, -0.15) is 5.10 Å². The molecular formula is C15H14Cl3N5O2. The van der Waals surface area contributed by atoms with E-state index >= 15 is 0 Å². The molecule has 0 fully saturated rings. The molecule has 0 aliphatic carbocycles. The number of halogens is 3. The Kier molecular flexibility index (Phi) is 7.63. The number of benzene rings is 2. The Morgan fingerprint density at radius 2 is 1.84 bits per heavy atom. The maximum Gasteiger partial charge on any atom is 0.270 e. The van der Waals surface area contributed by atoms with Crippen molar-refractivity contribution in [3.8, 4) is 0 Å². The van der Waals surface area contributed by atoms with Gasteiger partial charge in [0.1, 0.15) is 0 Å². The Morgan fingerprint density at radius 3 is 2.36 bits per heavy atom. The third kappa shape index (κ3) is 5.32. The quantitative estimate of drug-likeness (QED) is 0.352. The fourth-order valence-corrected chi connectivity index (χ4v) is 2.25. The molecule has 0 atom stereocenters. The second kappa shape index (κ2) is 9.22. The van der Waals surface area contributed by atoms with Crippen LogP contribution in [0.4, 0.5) is 5.69 Å². The summed E-state index contributed by atoms with van der Waals surface area (Å²) in [6.45, 7) is 0. The average molecular weight is 403 g/mol. The van der Waals surface area contributed by atoms with Crippen molar-refractivity contribution in [2.24, 2.45) is 15.8 Å². The Morgan fingerprint density at radius 1 is 1.20 bits per heavy atom. The number of rotatable bonds is 4. The van der Waals surface area contributed by atoms with Crippen LogP contribution in [0.15, 0.2) is 52.6 Å². The van der Waals surface area contributed by atoms with Gasteiger partial charge in [-0.25, -0.2) is 5.43 Å². The number of hydrogen-bond acceptors (Lipinski definition) is 4. The maximum atomic E-state index is 10.9. The Hall–Kier alpha value is -2.35. The summed E-state index contributed by atoms with van der Waals surface area (Å²) in [6.07, 6.45) is 0. The Bertz CT molecular complexity index is 822. The van der Waals surface area contributed by atoms with E-state index in [1.54, 1.807) is 24.3 Å². The van der Waals surface area contributed by atoms with Crippen LogP contribution in [-0.4, -0.2) is 23.6 Å².